The van der Waals surface area contributed by atoms with Crippen LogP contribution in [0.1, 0.15) is 23.5 Å². The Balaban J connectivity index is 1.76. The van der Waals surface area contributed by atoms with E-state index >= 15 is 0 Å². The lowest BCUT2D eigenvalue weighted by Crippen LogP contribution is -2.20. The molecule has 2 atom stereocenters. The number of benzene rings is 1. The second-order valence-electron chi connectivity index (χ2n) is 5.94. The molecule has 1 aliphatic rings. The first-order chi connectivity index (χ1) is 10.8. The van der Waals surface area contributed by atoms with Crippen LogP contribution in [0.5, 0.6) is 0 Å². The number of aliphatic hydroxyl groups is 1. The third-order valence-electron chi connectivity index (χ3n) is 4.45. The molecule has 1 saturated heterocycles. The lowest BCUT2D eigenvalue weighted by atomic mass is 9.88. The number of pyridine rings is 1. The standard InChI is InChI=1S/C18H21ClN2O/c19-18-16(7-4-9-20-18)17-13-21(12-15(17)8-10-22)11-14-5-2-1-3-6-14/h1-7,9,15,17,22H,8,10-13H2/t15-,17-/m0/s1. The number of aliphatic hydroxyl groups excluding tert-OH is 1. The van der Waals surface area contributed by atoms with E-state index in [1.807, 2.05) is 12.1 Å². The van der Waals surface area contributed by atoms with Gasteiger partial charge in [-0.05, 0) is 29.5 Å². The molecule has 2 heterocycles. The van der Waals surface area contributed by atoms with E-state index < -0.39 is 0 Å². The molecule has 116 valence electrons. The summed E-state index contributed by atoms with van der Waals surface area (Å²) in [6, 6.07) is 14.5. The molecule has 1 fully saturated rings. The van der Waals surface area contributed by atoms with Gasteiger partial charge in [-0.25, -0.2) is 4.98 Å². The normalized spacial score (nSPS) is 22.1. The Hall–Kier alpha value is -1.42. The van der Waals surface area contributed by atoms with E-state index in [0.29, 0.717) is 17.0 Å². The van der Waals surface area contributed by atoms with Gasteiger partial charge in [0.05, 0.1) is 0 Å². The Morgan fingerprint density at radius 2 is 1.95 bits per heavy atom. The van der Waals surface area contributed by atoms with Crippen LogP contribution in [0.4, 0.5) is 0 Å². The van der Waals surface area contributed by atoms with E-state index in [1.165, 1.54) is 5.56 Å². The summed E-state index contributed by atoms with van der Waals surface area (Å²) in [5.41, 5.74) is 2.43. The van der Waals surface area contributed by atoms with Gasteiger partial charge < -0.3 is 5.11 Å². The maximum Gasteiger partial charge on any atom is 0.132 e. The van der Waals surface area contributed by atoms with Crippen LogP contribution in [-0.4, -0.2) is 34.7 Å². The molecule has 2 aromatic rings. The van der Waals surface area contributed by atoms with Crippen LogP contribution in [0.2, 0.25) is 5.15 Å². The van der Waals surface area contributed by atoms with Crippen molar-refractivity contribution < 1.29 is 5.11 Å². The highest BCUT2D eigenvalue weighted by atomic mass is 35.5. The molecule has 3 nitrogen and oxygen atoms in total. The summed E-state index contributed by atoms with van der Waals surface area (Å²) in [4.78, 5) is 6.66. The molecule has 22 heavy (non-hydrogen) atoms. The van der Waals surface area contributed by atoms with E-state index in [0.717, 1.165) is 31.6 Å². The predicted molar refractivity (Wildman–Crippen MR) is 88.9 cm³/mol. The monoisotopic (exact) mass is 316 g/mol. The second kappa shape index (κ2) is 7.23. The van der Waals surface area contributed by atoms with Crippen molar-refractivity contribution in [2.75, 3.05) is 19.7 Å². The van der Waals surface area contributed by atoms with Crippen molar-refractivity contribution in [3.8, 4) is 0 Å². The van der Waals surface area contributed by atoms with E-state index in [2.05, 4.69) is 40.2 Å². The summed E-state index contributed by atoms with van der Waals surface area (Å²) in [7, 11) is 0. The molecule has 1 N–H and O–H groups in total. The zero-order valence-electron chi connectivity index (χ0n) is 12.5. The van der Waals surface area contributed by atoms with Crippen molar-refractivity contribution >= 4 is 11.6 Å². The van der Waals surface area contributed by atoms with Gasteiger partial charge in [0.2, 0.25) is 0 Å². The largest absolute Gasteiger partial charge is 0.396 e. The quantitative estimate of drug-likeness (QED) is 0.860. The zero-order valence-corrected chi connectivity index (χ0v) is 13.3. The highest BCUT2D eigenvalue weighted by Gasteiger charge is 2.34. The highest BCUT2D eigenvalue weighted by Crippen LogP contribution is 2.37. The van der Waals surface area contributed by atoms with Crippen molar-refractivity contribution in [1.82, 2.24) is 9.88 Å². The van der Waals surface area contributed by atoms with Crippen molar-refractivity contribution in [3.05, 3.63) is 64.9 Å². The number of rotatable bonds is 5. The third-order valence-corrected chi connectivity index (χ3v) is 4.77. The van der Waals surface area contributed by atoms with Gasteiger partial charge in [0, 0.05) is 38.4 Å². The summed E-state index contributed by atoms with van der Waals surface area (Å²) < 4.78 is 0. The molecule has 1 aromatic heterocycles. The maximum absolute atomic E-state index is 9.37. The maximum atomic E-state index is 9.37. The molecule has 4 heteroatoms. The first-order valence-electron chi connectivity index (χ1n) is 7.75. The lowest BCUT2D eigenvalue weighted by Gasteiger charge is -2.18. The fraction of sp³-hybridized carbons (Fsp3) is 0.389. The fourth-order valence-corrected chi connectivity index (χ4v) is 3.68. The number of likely N-dealkylation sites (tertiary alicyclic amines) is 1. The van der Waals surface area contributed by atoms with Gasteiger partial charge >= 0.3 is 0 Å². The van der Waals surface area contributed by atoms with Gasteiger partial charge in [-0.15, -0.1) is 0 Å². The van der Waals surface area contributed by atoms with Crippen molar-refractivity contribution in [3.63, 3.8) is 0 Å². The van der Waals surface area contributed by atoms with Gasteiger partial charge in [-0.1, -0.05) is 48.0 Å². The Morgan fingerprint density at radius 3 is 2.68 bits per heavy atom. The first-order valence-corrected chi connectivity index (χ1v) is 8.13. The summed E-state index contributed by atoms with van der Waals surface area (Å²) in [6.07, 6.45) is 2.53. The average molecular weight is 317 g/mol. The Kier molecular flexibility index (Phi) is 5.08. The van der Waals surface area contributed by atoms with Gasteiger partial charge in [0.25, 0.3) is 0 Å². The number of hydrogen-bond acceptors (Lipinski definition) is 3. The molecule has 0 spiro atoms. The number of aromatic nitrogens is 1. The molecule has 3 rings (SSSR count). The van der Waals surface area contributed by atoms with Gasteiger partial charge in [0.1, 0.15) is 5.15 Å². The molecule has 0 amide bonds. The van der Waals surface area contributed by atoms with Crippen LogP contribution >= 0.6 is 11.6 Å². The summed E-state index contributed by atoms with van der Waals surface area (Å²) in [5.74, 6) is 0.771. The van der Waals surface area contributed by atoms with Gasteiger partial charge in [0.15, 0.2) is 0 Å². The van der Waals surface area contributed by atoms with Crippen LogP contribution in [0, 0.1) is 5.92 Å². The lowest BCUT2D eigenvalue weighted by molar-refractivity contribution is 0.246. The third kappa shape index (κ3) is 3.49. The first kappa shape index (κ1) is 15.5. The minimum atomic E-state index is 0.220. The second-order valence-corrected chi connectivity index (χ2v) is 6.30. The number of halogens is 1. The molecular weight excluding hydrogens is 296 g/mol. The molecule has 0 aliphatic carbocycles. The smallest absolute Gasteiger partial charge is 0.132 e. The number of nitrogens with zero attached hydrogens (tertiary/aromatic N) is 2. The van der Waals surface area contributed by atoms with Crippen LogP contribution < -0.4 is 0 Å². The van der Waals surface area contributed by atoms with Crippen molar-refractivity contribution in [2.24, 2.45) is 5.92 Å². The van der Waals surface area contributed by atoms with Gasteiger partial charge in [-0.2, -0.15) is 0 Å². The average Bonchev–Trinajstić information content (AvgIpc) is 2.91. The van der Waals surface area contributed by atoms with Gasteiger partial charge in [-0.3, -0.25) is 4.90 Å². The molecule has 0 saturated carbocycles. The molecule has 0 unspecified atom stereocenters. The van der Waals surface area contributed by atoms with Crippen LogP contribution in [0.3, 0.4) is 0 Å². The number of hydrogen-bond donors (Lipinski definition) is 1. The zero-order chi connectivity index (χ0) is 15.4. The van der Waals surface area contributed by atoms with E-state index in [1.54, 1.807) is 6.20 Å². The minimum absolute atomic E-state index is 0.220. The Morgan fingerprint density at radius 1 is 1.14 bits per heavy atom. The van der Waals surface area contributed by atoms with E-state index in [9.17, 15) is 5.11 Å². The Labute approximate surface area is 136 Å². The topological polar surface area (TPSA) is 36.4 Å². The Bertz CT molecular complexity index is 605. The summed E-state index contributed by atoms with van der Waals surface area (Å²) in [6.45, 7) is 3.12. The molecule has 0 bridgehead atoms. The fourth-order valence-electron chi connectivity index (χ4n) is 3.42. The van der Waals surface area contributed by atoms with E-state index in [-0.39, 0.29) is 6.61 Å². The van der Waals surface area contributed by atoms with Crippen molar-refractivity contribution in [2.45, 2.75) is 18.9 Å². The van der Waals surface area contributed by atoms with Crippen molar-refractivity contribution in [1.29, 1.82) is 0 Å². The molecule has 1 aromatic carbocycles. The molecular formula is C18H21ClN2O. The summed E-state index contributed by atoms with van der Waals surface area (Å²) >= 11 is 6.29. The highest BCUT2D eigenvalue weighted by molar-refractivity contribution is 6.30. The van der Waals surface area contributed by atoms with Crippen LogP contribution in [0.25, 0.3) is 0 Å². The SMILES string of the molecule is OCC[C@H]1CN(Cc2ccccc2)C[C@@H]1c1cccnc1Cl. The minimum Gasteiger partial charge on any atom is -0.396 e. The van der Waals surface area contributed by atoms with Crippen LogP contribution in [0.15, 0.2) is 48.7 Å². The van der Waals surface area contributed by atoms with E-state index in [4.69, 9.17) is 11.6 Å². The molecule has 1 aliphatic heterocycles. The van der Waals surface area contributed by atoms with Crippen LogP contribution in [-0.2, 0) is 6.54 Å². The summed E-state index contributed by atoms with van der Waals surface area (Å²) in [5, 5.41) is 9.96. The molecule has 0 radical (unpaired) electrons. The predicted octanol–water partition coefficient (Wildman–Crippen LogP) is 3.33.